The van der Waals surface area contributed by atoms with E-state index in [1.807, 2.05) is 0 Å². The highest BCUT2D eigenvalue weighted by molar-refractivity contribution is 5.79. The summed E-state index contributed by atoms with van der Waals surface area (Å²) in [6.07, 6.45) is -0.545. The summed E-state index contributed by atoms with van der Waals surface area (Å²) in [5, 5.41) is 6.62. The minimum absolute atomic E-state index is 0.479. The van der Waals surface area contributed by atoms with Crippen LogP contribution in [0, 0.1) is 12.8 Å². The standard InChI is InChI=1S/C20H31F3N4/c1-16-3-5-17(6-4-16)7-11-25-19(24-2)26-12-8-18-9-13-27(14-10-18)15-20(21,22)23/h3-6,18H,7-15H2,1-2H3,(H2,24,25,26). The monoisotopic (exact) mass is 384 g/mol. The third-order valence-corrected chi connectivity index (χ3v) is 5.01. The zero-order chi connectivity index (χ0) is 19.7. The van der Waals surface area contributed by atoms with Gasteiger partial charge in [0, 0.05) is 20.1 Å². The predicted molar refractivity (Wildman–Crippen MR) is 104 cm³/mol. The van der Waals surface area contributed by atoms with Gasteiger partial charge in [-0.15, -0.1) is 0 Å². The molecule has 0 amide bonds. The van der Waals surface area contributed by atoms with E-state index in [1.54, 1.807) is 7.05 Å². The molecule has 1 aliphatic heterocycles. The summed E-state index contributed by atoms with van der Waals surface area (Å²) in [4.78, 5) is 5.74. The van der Waals surface area contributed by atoms with Crippen LogP contribution in [-0.4, -0.2) is 56.8 Å². The molecule has 0 aromatic heterocycles. The highest BCUT2D eigenvalue weighted by Gasteiger charge is 2.32. The first kappa shape index (κ1) is 21.5. The van der Waals surface area contributed by atoms with Crippen LogP contribution >= 0.6 is 0 Å². The van der Waals surface area contributed by atoms with Gasteiger partial charge in [-0.05, 0) is 57.2 Å². The molecule has 1 aliphatic rings. The summed E-state index contributed by atoms with van der Waals surface area (Å²) in [6, 6.07) is 8.50. The summed E-state index contributed by atoms with van der Waals surface area (Å²) >= 11 is 0. The maximum Gasteiger partial charge on any atom is 0.401 e. The van der Waals surface area contributed by atoms with Crippen LogP contribution in [0.25, 0.3) is 0 Å². The largest absolute Gasteiger partial charge is 0.401 e. The number of nitrogens with one attached hydrogen (secondary N) is 2. The third kappa shape index (κ3) is 8.65. The van der Waals surface area contributed by atoms with Gasteiger partial charge in [0.15, 0.2) is 5.96 Å². The molecule has 1 aromatic rings. The van der Waals surface area contributed by atoms with Crippen molar-refractivity contribution in [3.05, 3.63) is 35.4 Å². The Morgan fingerprint density at radius 3 is 2.33 bits per heavy atom. The van der Waals surface area contributed by atoms with Crippen LogP contribution in [0.3, 0.4) is 0 Å². The molecule has 1 fully saturated rings. The number of nitrogens with zero attached hydrogens (tertiary/aromatic N) is 2. The number of likely N-dealkylation sites (tertiary alicyclic amines) is 1. The average Bonchev–Trinajstić information content (AvgIpc) is 2.62. The van der Waals surface area contributed by atoms with Crippen LogP contribution in [0.4, 0.5) is 13.2 Å². The van der Waals surface area contributed by atoms with Crippen molar-refractivity contribution in [1.29, 1.82) is 0 Å². The van der Waals surface area contributed by atoms with Crippen LogP contribution in [0.15, 0.2) is 29.3 Å². The first-order valence-electron chi connectivity index (χ1n) is 9.65. The van der Waals surface area contributed by atoms with E-state index in [0.717, 1.165) is 44.7 Å². The number of rotatable bonds is 7. The number of guanidine groups is 1. The van der Waals surface area contributed by atoms with Crippen LogP contribution in [0.2, 0.25) is 0 Å². The molecule has 7 heteroatoms. The number of hydrogen-bond donors (Lipinski definition) is 2. The second kappa shape index (κ2) is 10.5. The van der Waals surface area contributed by atoms with E-state index in [2.05, 4.69) is 46.8 Å². The first-order valence-corrected chi connectivity index (χ1v) is 9.65. The molecule has 4 nitrogen and oxygen atoms in total. The Hall–Kier alpha value is -1.76. The highest BCUT2D eigenvalue weighted by Crippen LogP contribution is 2.23. The smallest absolute Gasteiger partial charge is 0.356 e. The van der Waals surface area contributed by atoms with Crippen LogP contribution < -0.4 is 10.6 Å². The number of aryl methyl sites for hydroxylation is 1. The van der Waals surface area contributed by atoms with Gasteiger partial charge in [-0.3, -0.25) is 9.89 Å². The van der Waals surface area contributed by atoms with Crippen molar-refractivity contribution < 1.29 is 13.2 Å². The van der Waals surface area contributed by atoms with E-state index >= 15 is 0 Å². The zero-order valence-electron chi connectivity index (χ0n) is 16.3. The molecule has 1 aromatic carbocycles. The molecule has 2 N–H and O–H groups in total. The van der Waals surface area contributed by atoms with Gasteiger partial charge in [-0.2, -0.15) is 13.2 Å². The second-order valence-electron chi connectivity index (χ2n) is 7.28. The Bertz CT molecular complexity index is 576. The summed E-state index contributed by atoms with van der Waals surface area (Å²) in [5.74, 6) is 1.25. The Morgan fingerprint density at radius 2 is 1.74 bits per heavy atom. The minimum Gasteiger partial charge on any atom is -0.356 e. The maximum atomic E-state index is 12.4. The van der Waals surface area contributed by atoms with Crippen molar-refractivity contribution >= 4 is 5.96 Å². The molecule has 0 bridgehead atoms. The zero-order valence-corrected chi connectivity index (χ0v) is 16.3. The lowest BCUT2D eigenvalue weighted by molar-refractivity contribution is -0.148. The molecule has 1 saturated heterocycles. The van der Waals surface area contributed by atoms with Gasteiger partial charge in [0.05, 0.1) is 6.54 Å². The lowest BCUT2D eigenvalue weighted by Gasteiger charge is -2.32. The third-order valence-electron chi connectivity index (χ3n) is 5.01. The lowest BCUT2D eigenvalue weighted by atomic mass is 9.93. The molecule has 152 valence electrons. The van der Waals surface area contributed by atoms with Crippen molar-refractivity contribution in [2.75, 3.05) is 39.8 Å². The maximum absolute atomic E-state index is 12.4. The van der Waals surface area contributed by atoms with E-state index in [4.69, 9.17) is 0 Å². The van der Waals surface area contributed by atoms with E-state index in [-0.39, 0.29) is 0 Å². The Kier molecular flexibility index (Phi) is 8.41. The number of alkyl halides is 3. The average molecular weight is 384 g/mol. The number of aliphatic imine (C=N–C) groups is 1. The van der Waals surface area contributed by atoms with Gasteiger partial charge in [-0.1, -0.05) is 29.8 Å². The van der Waals surface area contributed by atoms with Crippen LogP contribution in [-0.2, 0) is 6.42 Å². The van der Waals surface area contributed by atoms with Gasteiger partial charge in [0.1, 0.15) is 0 Å². The minimum atomic E-state index is -4.09. The lowest BCUT2D eigenvalue weighted by Crippen LogP contribution is -2.42. The number of benzene rings is 1. The van der Waals surface area contributed by atoms with Crippen LogP contribution in [0.1, 0.15) is 30.4 Å². The summed E-state index contributed by atoms with van der Waals surface area (Å²) in [5.41, 5.74) is 2.54. The number of hydrogen-bond acceptors (Lipinski definition) is 2. The van der Waals surface area contributed by atoms with Gasteiger partial charge in [0.25, 0.3) is 0 Å². The molecule has 2 rings (SSSR count). The van der Waals surface area contributed by atoms with Crippen molar-refractivity contribution in [1.82, 2.24) is 15.5 Å². The molecule has 0 radical (unpaired) electrons. The molecule has 0 spiro atoms. The normalized spacial score (nSPS) is 17.1. The molecule has 27 heavy (non-hydrogen) atoms. The molecule has 0 aliphatic carbocycles. The number of piperidine rings is 1. The Morgan fingerprint density at radius 1 is 1.11 bits per heavy atom. The molecule has 0 atom stereocenters. The van der Waals surface area contributed by atoms with Crippen molar-refractivity contribution in [2.24, 2.45) is 10.9 Å². The van der Waals surface area contributed by atoms with E-state index in [1.165, 1.54) is 16.0 Å². The summed E-state index contributed by atoms with van der Waals surface area (Å²) < 4.78 is 37.3. The molecular weight excluding hydrogens is 353 g/mol. The molecule has 0 unspecified atom stereocenters. The molecule has 0 saturated carbocycles. The fourth-order valence-electron chi connectivity index (χ4n) is 3.38. The second-order valence-corrected chi connectivity index (χ2v) is 7.28. The highest BCUT2D eigenvalue weighted by atomic mass is 19.4. The van der Waals surface area contributed by atoms with Crippen LogP contribution in [0.5, 0.6) is 0 Å². The molecular formula is C20H31F3N4. The quantitative estimate of drug-likeness (QED) is 0.559. The van der Waals surface area contributed by atoms with Gasteiger partial charge >= 0.3 is 6.18 Å². The summed E-state index contributed by atoms with van der Waals surface area (Å²) in [7, 11) is 1.75. The van der Waals surface area contributed by atoms with Crippen molar-refractivity contribution in [2.45, 2.75) is 38.8 Å². The predicted octanol–water partition coefficient (Wildman–Crippen LogP) is 3.37. The molecule has 1 heterocycles. The van der Waals surface area contributed by atoms with E-state index < -0.39 is 12.7 Å². The Balaban J connectivity index is 1.59. The van der Waals surface area contributed by atoms with Crippen molar-refractivity contribution in [3.8, 4) is 0 Å². The van der Waals surface area contributed by atoms with E-state index in [9.17, 15) is 13.2 Å². The van der Waals surface area contributed by atoms with Gasteiger partial charge < -0.3 is 10.6 Å². The fraction of sp³-hybridized carbons (Fsp3) is 0.650. The Labute approximate surface area is 160 Å². The van der Waals surface area contributed by atoms with Crippen molar-refractivity contribution in [3.63, 3.8) is 0 Å². The van der Waals surface area contributed by atoms with E-state index in [0.29, 0.717) is 19.0 Å². The van der Waals surface area contributed by atoms with Gasteiger partial charge in [0.2, 0.25) is 0 Å². The fourth-order valence-corrected chi connectivity index (χ4v) is 3.38. The summed E-state index contributed by atoms with van der Waals surface area (Å²) in [6.45, 7) is 3.96. The topological polar surface area (TPSA) is 39.7 Å². The van der Waals surface area contributed by atoms with Gasteiger partial charge in [-0.25, -0.2) is 0 Å². The first-order chi connectivity index (χ1) is 12.9. The number of halogens is 3. The SMILES string of the molecule is CN=C(NCCc1ccc(C)cc1)NCCC1CCN(CC(F)(F)F)CC1.